The smallest absolute Gasteiger partial charge is 0.312 e. The molecule has 0 saturated carbocycles. The van der Waals surface area contributed by atoms with Gasteiger partial charge in [-0.15, -0.1) is 11.8 Å². The van der Waals surface area contributed by atoms with Crippen LogP contribution in [0.1, 0.15) is 6.92 Å². The van der Waals surface area contributed by atoms with Crippen molar-refractivity contribution in [3.8, 4) is 0 Å². The lowest BCUT2D eigenvalue weighted by Gasteiger charge is -2.48. The molecule has 24 heavy (non-hydrogen) atoms. The third-order valence-corrected chi connectivity index (χ3v) is 6.32. The molecule has 1 amide bonds. The lowest BCUT2D eigenvalue weighted by atomic mass is 9.90. The molecule has 2 fully saturated rings. The average molecular weight is 367 g/mol. The van der Waals surface area contributed by atoms with E-state index in [1.54, 1.807) is 25.1 Å². The largest absolute Gasteiger partial charge is 0.481 e. The molecule has 3 rings (SSSR count). The molecule has 1 unspecified atom stereocenters. The van der Waals surface area contributed by atoms with Crippen LogP contribution in [0.25, 0.3) is 0 Å². The second-order valence-corrected chi connectivity index (χ2v) is 7.63. The number of carboxylic acids is 1. The van der Waals surface area contributed by atoms with Gasteiger partial charge in [0.2, 0.25) is 0 Å². The Morgan fingerprint density at radius 3 is 2.92 bits per heavy atom. The van der Waals surface area contributed by atoms with Crippen LogP contribution in [0.3, 0.4) is 0 Å². The fraction of sp³-hybridized carbons (Fsp3) is 0.357. The summed E-state index contributed by atoms with van der Waals surface area (Å²) in [7, 11) is 0. The number of carbonyl (C=O) groups is 2. The lowest BCUT2D eigenvalue weighted by Crippen LogP contribution is -2.66. The summed E-state index contributed by atoms with van der Waals surface area (Å²) < 4.78 is 4.17. The molecule has 0 aliphatic carbocycles. The molecule has 10 heteroatoms. The molecule has 0 bridgehead atoms. The zero-order valence-corrected chi connectivity index (χ0v) is 14.2. The van der Waals surface area contributed by atoms with Crippen LogP contribution in [0.5, 0.6) is 0 Å². The van der Waals surface area contributed by atoms with E-state index in [1.165, 1.54) is 22.7 Å². The fourth-order valence-corrected chi connectivity index (χ4v) is 4.66. The van der Waals surface area contributed by atoms with Crippen LogP contribution in [0.2, 0.25) is 0 Å². The van der Waals surface area contributed by atoms with Crippen LogP contribution < -0.4 is 0 Å². The maximum atomic E-state index is 12.2. The van der Waals surface area contributed by atoms with Gasteiger partial charge in [-0.25, -0.2) is 4.40 Å². The van der Waals surface area contributed by atoms with Crippen LogP contribution in [-0.2, 0) is 9.59 Å². The number of nitro groups is 1. The third-order valence-electron chi connectivity index (χ3n) is 3.90. The molecule has 8 nitrogen and oxygen atoms in total. The Kier molecular flexibility index (Phi) is 4.26. The number of carbonyl (C=O) groups excluding carboxylic acids is 1. The highest BCUT2D eigenvalue weighted by atomic mass is 32.2. The second kappa shape index (κ2) is 6.10. The first-order chi connectivity index (χ1) is 11.3. The van der Waals surface area contributed by atoms with Crippen molar-refractivity contribution in [2.24, 2.45) is 9.81 Å². The predicted octanol–water partition coefficient (Wildman–Crippen LogP) is 2.05. The highest BCUT2D eigenvalue weighted by molar-refractivity contribution is 8.01. The SMILES string of the molecule is CC1(C(=O)O)CS[C@@H]2C(=NSc3ccccc3[N+](=O)[O-])C(=O)N2C1. The Bertz CT molecular complexity index is 769. The summed E-state index contributed by atoms with van der Waals surface area (Å²) in [6.45, 7) is 1.76. The minimum atomic E-state index is -0.965. The van der Waals surface area contributed by atoms with Crippen LogP contribution in [0.4, 0.5) is 5.69 Å². The molecular weight excluding hydrogens is 354 g/mol. The van der Waals surface area contributed by atoms with Gasteiger partial charge in [0.05, 0.1) is 10.3 Å². The Balaban J connectivity index is 1.75. The van der Waals surface area contributed by atoms with Crippen molar-refractivity contribution in [1.82, 2.24) is 4.90 Å². The minimum absolute atomic E-state index is 0.0646. The van der Waals surface area contributed by atoms with Crippen LogP contribution in [-0.4, -0.2) is 50.2 Å². The van der Waals surface area contributed by atoms with Crippen LogP contribution in [0.15, 0.2) is 33.6 Å². The molecule has 1 N–H and O–H groups in total. The Morgan fingerprint density at radius 1 is 1.54 bits per heavy atom. The number of rotatable bonds is 4. The number of benzene rings is 1. The van der Waals surface area contributed by atoms with E-state index in [2.05, 4.69) is 4.40 Å². The standard InChI is InChI=1S/C14H13N3O5S2/c1-14(13(19)20)6-16-11(18)10(12(16)23-7-14)15-24-9-5-3-2-4-8(9)17(21)22/h2-5,12H,6-7H2,1H3,(H,19,20)/t12-,14?/m1/s1. The number of thioether (sulfide) groups is 1. The summed E-state index contributed by atoms with van der Waals surface area (Å²) in [6.07, 6.45) is 0. The number of fused-ring (bicyclic) bond motifs is 1. The Morgan fingerprint density at radius 2 is 2.25 bits per heavy atom. The van der Waals surface area contributed by atoms with Crippen LogP contribution >= 0.6 is 23.7 Å². The van der Waals surface area contributed by atoms with Crippen molar-refractivity contribution in [3.05, 3.63) is 34.4 Å². The molecule has 0 spiro atoms. The van der Waals surface area contributed by atoms with Gasteiger partial charge in [0.1, 0.15) is 16.0 Å². The van der Waals surface area contributed by atoms with Gasteiger partial charge in [-0.05, 0) is 13.0 Å². The number of carboxylic acid groups (broad SMARTS) is 1. The number of nitrogens with zero attached hydrogens (tertiary/aromatic N) is 3. The average Bonchev–Trinajstić information content (AvgIpc) is 2.55. The first-order valence-electron chi connectivity index (χ1n) is 6.98. The zero-order chi connectivity index (χ0) is 17.5. The van der Waals surface area contributed by atoms with E-state index in [0.29, 0.717) is 16.4 Å². The summed E-state index contributed by atoms with van der Waals surface area (Å²) in [5.74, 6) is -0.863. The lowest BCUT2D eigenvalue weighted by molar-refractivity contribution is -0.387. The molecular formula is C14H13N3O5S2. The third kappa shape index (κ3) is 2.75. The van der Waals surface area contributed by atoms with Gasteiger partial charge in [-0.2, -0.15) is 0 Å². The minimum Gasteiger partial charge on any atom is -0.481 e. The molecule has 0 aromatic heterocycles. The molecule has 1 aromatic carbocycles. The van der Waals surface area contributed by atoms with Crippen molar-refractivity contribution in [1.29, 1.82) is 0 Å². The van der Waals surface area contributed by atoms with Crippen molar-refractivity contribution in [2.75, 3.05) is 12.3 Å². The number of β-lactam (4-membered cyclic amide) rings is 1. The summed E-state index contributed by atoms with van der Waals surface area (Å²) >= 11 is 2.25. The molecule has 126 valence electrons. The summed E-state index contributed by atoms with van der Waals surface area (Å²) in [5, 5.41) is 20.0. The monoisotopic (exact) mass is 367 g/mol. The van der Waals surface area contributed by atoms with Gasteiger partial charge in [0.25, 0.3) is 11.6 Å². The van der Waals surface area contributed by atoms with Crippen molar-refractivity contribution < 1.29 is 19.6 Å². The summed E-state index contributed by atoms with van der Waals surface area (Å²) in [4.78, 5) is 35.8. The first kappa shape index (κ1) is 16.8. The summed E-state index contributed by atoms with van der Waals surface area (Å²) in [5.41, 5.74) is -0.714. The molecule has 2 aliphatic rings. The molecule has 2 saturated heterocycles. The molecule has 1 aromatic rings. The number of hydrogen-bond acceptors (Lipinski definition) is 7. The molecule has 2 heterocycles. The number of hydrogen-bond donors (Lipinski definition) is 1. The zero-order valence-electron chi connectivity index (χ0n) is 12.5. The van der Waals surface area contributed by atoms with E-state index in [9.17, 15) is 24.8 Å². The van der Waals surface area contributed by atoms with Gasteiger partial charge in [0, 0.05) is 30.3 Å². The number of para-hydroxylation sites is 1. The van der Waals surface area contributed by atoms with Crippen molar-refractivity contribution in [3.63, 3.8) is 0 Å². The Labute approximate surface area is 145 Å². The number of aliphatic carboxylic acids is 1. The van der Waals surface area contributed by atoms with Crippen LogP contribution in [0, 0.1) is 15.5 Å². The first-order valence-corrected chi connectivity index (χ1v) is 8.80. The predicted molar refractivity (Wildman–Crippen MR) is 90.1 cm³/mol. The summed E-state index contributed by atoms with van der Waals surface area (Å²) in [6, 6.07) is 6.18. The van der Waals surface area contributed by atoms with Crippen molar-refractivity contribution in [2.45, 2.75) is 17.2 Å². The van der Waals surface area contributed by atoms with Crippen molar-refractivity contribution >= 4 is 47.0 Å². The molecule has 2 aliphatic heterocycles. The maximum Gasteiger partial charge on any atom is 0.312 e. The van der Waals surface area contributed by atoms with Gasteiger partial charge in [-0.1, -0.05) is 12.1 Å². The number of amides is 1. The Hall–Kier alpha value is -2.07. The quantitative estimate of drug-likeness (QED) is 0.375. The van der Waals surface area contributed by atoms with E-state index < -0.39 is 16.3 Å². The number of nitro benzene ring substituents is 1. The highest BCUT2D eigenvalue weighted by Crippen LogP contribution is 2.42. The van der Waals surface area contributed by atoms with E-state index >= 15 is 0 Å². The van der Waals surface area contributed by atoms with Gasteiger partial charge >= 0.3 is 5.97 Å². The molecule has 2 atom stereocenters. The second-order valence-electron chi connectivity index (χ2n) is 5.75. The van der Waals surface area contributed by atoms with E-state index in [-0.39, 0.29) is 23.5 Å². The van der Waals surface area contributed by atoms with E-state index in [4.69, 9.17) is 0 Å². The maximum absolute atomic E-state index is 12.2. The highest BCUT2D eigenvalue weighted by Gasteiger charge is 2.53. The van der Waals surface area contributed by atoms with Gasteiger partial charge < -0.3 is 10.0 Å². The topological polar surface area (TPSA) is 113 Å². The van der Waals surface area contributed by atoms with E-state index in [1.807, 2.05) is 0 Å². The molecule has 0 radical (unpaired) electrons. The van der Waals surface area contributed by atoms with E-state index in [0.717, 1.165) is 11.9 Å². The van der Waals surface area contributed by atoms with Gasteiger partial charge in [0.15, 0.2) is 0 Å². The fourth-order valence-electron chi connectivity index (χ4n) is 2.45. The van der Waals surface area contributed by atoms with Gasteiger partial charge in [-0.3, -0.25) is 19.7 Å². The normalized spacial score (nSPS) is 27.5.